The molecule has 0 unspecified atom stereocenters. The highest BCUT2D eigenvalue weighted by Crippen LogP contribution is 2.31. The maximum absolute atomic E-state index is 13.1. The van der Waals surface area contributed by atoms with Gasteiger partial charge in [0.15, 0.2) is 0 Å². The molecule has 3 rings (SSSR count). The fourth-order valence-electron chi connectivity index (χ4n) is 2.39. The van der Waals surface area contributed by atoms with Gasteiger partial charge in [-0.1, -0.05) is 24.3 Å². The number of hydrogen-bond acceptors (Lipinski definition) is 0. The first-order valence-corrected chi connectivity index (χ1v) is 6.38. The molecular weight excluding hydrogens is 256 g/mol. The Hall–Kier alpha value is -2.42. The van der Waals surface area contributed by atoms with Gasteiger partial charge < -0.3 is 4.98 Å². The van der Waals surface area contributed by atoms with Crippen LogP contribution in [0, 0.1) is 11.6 Å². The summed E-state index contributed by atoms with van der Waals surface area (Å²) in [6.07, 6.45) is 1.84. The molecule has 0 aliphatic carbocycles. The Kier molecular flexibility index (Phi) is 3.33. The lowest BCUT2D eigenvalue weighted by Gasteiger charge is -2.17. The van der Waals surface area contributed by atoms with E-state index < -0.39 is 0 Å². The van der Waals surface area contributed by atoms with Crippen LogP contribution in [0.15, 0.2) is 66.9 Å². The third-order valence-corrected chi connectivity index (χ3v) is 3.34. The van der Waals surface area contributed by atoms with Crippen LogP contribution in [0.5, 0.6) is 0 Å². The van der Waals surface area contributed by atoms with E-state index in [2.05, 4.69) is 4.98 Å². The highest BCUT2D eigenvalue weighted by atomic mass is 19.1. The number of benzene rings is 2. The zero-order valence-electron chi connectivity index (χ0n) is 10.7. The lowest BCUT2D eigenvalue weighted by molar-refractivity contribution is 0.626. The van der Waals surface area contributed by atoms with Gasteiger partial charge in [0.1, 0.15) is 11.6 Å². The zero-order chi connectivity index (χ0) is 13.9. The maximum Gasteiger partial charge on any atom is 0.123 e. The van der Waals surface area contributed by atoms with Crippen LogP contribution < -0.4 is 0 Å². The van der Waals surface area contributed by atoms with Gasteiger partial charge in [0.25, 0.3) is 0 Å². The Labute approximate surface area is 115 Å². The van der Waals surface area contributed by atoms with Crippen molar-refractivity contribution >= 4 is 0 Å². The minimum absolute atomic E-state index is 0.0637. The molecule has 2 aromatic carbocycles. The van der Waals surface area contributed by atoms with Crippen molar-refractivity contribution < 1.29 is 8.78 Å². The number of halogens is 2. The molecule has 0 spiro atoms. The van der Waals surface area contributed by atoms with Crippen LogP contribution in [0.2, 0.25) is 0 Å². The van der Waals surface area contributed by atoms with Gasteiger partial charge in [-0.05, 0) is 47.5 Å². The summed E-state index contributed by atoms with van der Waals surface area (Å²) < 4.78 is 26.2. The van der Waals surface area contributed by atoms with Crippen LogP contribution in [-0.4, -0.2) is 4.98 Å². The number of rotatable bonds is 3. The summed E-state index contributed by atoms with van der Waals surface area (Å²) in [5.74, 6) is -0.595. The largest absolute Gasteiger partial charge is 0.364 e. The Balaban J connectivity index is 2.09. The smallest absolute Gasteiger partial charge is 0.123 e. The molecule has 3 heteroatoms. The quantitative estimate of drug-likeness (QED) is 0.722. The van der Waals surface area contributed by atoms with Crippen LogP contribution in [0.25, 0.3) is 0 Å². The van der Waals surface area contributed by atoms with Crippen LogP contribution in [0.4, 0.5) is 8.78 Å². The molecule has 20 heavy (non-hydrogen) atoms. The molecule has 0 aliphatic heterocycles. The molecule has 3 aromatic rings. The van der Waals surface area contributed by atoms with Crippen molar-refractivity contribution in [3.63, 3.8) is 0 Å². The van der Waals surface area contributed by atoms with Gasteiger partial charge >= 0.3 is 0 Å². The van der Waals surface area contributed by atoms with Crippen LogP contribution in [-0.2, 0) is 0 Å². The molecular formula is C17H13F2N. The molecule has 0 fully saturated rings. The van der Waals surface area contributed by atoms with Crippen LogP contribution in [0.1, 0.15) is 22.7 Å². The van der Waals surface area contributed by atoms with Gasteiger partial charge in [0.2, 0.25) is 0 Å². The van der Waals surface area contributed by atoms with Crippen LogP contribution >= 0.6 is 0 Å². The van der Waals surface area contributed by atoms with Crippen molar-refractivity contribution in [2.24, 2.45) is 0 Å². The lowest BCUT2D eigenvalue weighted by atomic mass is 9.88. The Morgan fingerprint density at radius 3 is 1.60 bits per heavy atom. The minimum atomic E-state index is -0.266. The molecule has 0 amide bonds. The third-order valence-electron chi connectivity index (χ3n) is 3.34. The molecule has 0 radical (unpaired) electrons. The Morgan fingerprint density at radius 2 is 1.20 bits per heavy atom. The number of aromatic amines is 1. The topological polar surface area (TPSA) is 15.8 Å². The predicted octanol–water partition coefficient (Wildman–Crippen LogP) is 4.47. The molecule has 1 heterocycles. The standard InChI is InChI=1S/C17H13F2N/c18-14-7-3-12(4-8-14)17(16-2-1-11-20-16)13-5-9-15(19)10-6-13/h1-11,17,20H. The monoisotopic (exact) mass is 269 g/mol. The third kappa shape index (κ3) is 2.48. The van der Waals surface area contributed by atoms with Gasteiger partial charge in [-0.25, -0.2) is 8.78 Å². The van der Waals surface area contributed by atoms with E-state index in [0.29, 0.717) is 0 Å². The summed E-state index contributed by atoms with van der Waals surface area (Å²) in [6.45, 7) is 0. The van der Waals surface area contributed by atoms with E-state index in [-0.39, 0.29) is 17.6 Å². The molecule has 1 nitrogen and oxygen atoms in total. The zero-order valence-corrected chi connectivity index (χ0v) is 10.7. The highest BCUT2D eigenvalue weighted by Gasteiger charge is 2.17. The second kappa shape index (κ2) is 5.29. The summed E-state index contributed by atoms with van der Waals surface area (Å²) in [4.78, 5) is 3.18. The van der Waals surface area contributed by atoms with Crippen molar-refractivity contribution in [1.29, 1.82) is 0 Å². The second-order valence-electron chi connectivity index (χ2n) is 4.66. The van der Waals surface area contributed by atoms with Crippen molar-refractivity contribution in [1.82, 2.24) is 4.98 Å². The molecule has 1 N–H and O–H groups in total. The SMILES string of the molecule is Fc1ccc(C(c2ccc(F)cc2)c2ccc[nH]2)cc1. The van der Waals surface area contributed by atoms with E-state index in [1.807, 2.05) is 18.3 Å². The molecule has 0 bridgehead atoms. The van der Waals surface area contributed by atoms with Gasteiger partial charge in [-0.2, -0.15) is 0 Å². The fourth-order valence-corrected chi connectivity index (χ4v) is 2.39. The van der Waals surface area contributed by atoms with E-state index in [1.54, 1.807) is 24.3 Å². The summed E-state index contributed by atoms with van der Waals surface area (Å²) in [5, 5.41) is 0. The fraction of sp³-hybridized carbons (Fsp3) is 0.0588. The maximum atomic E-state index is 13.1. The molecule has 0 aliphatic rings. The van der Waals surface area contributed by atoms with E-state index in [4.69, 9.17) is 0 Å². The summed E-state index contributed by atoms with van der Waals surface area (Å²) in [6, 6.07) is 16.7. The van der Waals surface area contributed by atoms with Crippen molar-refractivity contribution in [3.05, 3.63) is 95.3 Å². The lowest BCUT2D eigenvalue weighted by Crippen LogP contribution is -2.04. The molecule has 1 aromatic heterocycles. The normalized spacial score (nSPS) is 10.9. The number of hydrogen-bond donors (Lipinski definition) is 1. The van der Waals surface area contributed by atoms with E-state index in [9.17, 15) is 8.78 Å². The first-order chi connectivity index (χ1) is 9.74. The average Bonchev–Trinajstić information content (AvgIpc) is 2.97. The van der Waals surface area contributed by atoms with Crippen molar-refractivity contribution in [2.45, 2.75) is 5.92 Å². The minimum Gasteiger partial charge on any atom is -0.364 e. The van der Waals surface area contributed by atoms with Gasteiger partial charge in [0.05, 0.1) is 0 Å². The van der Waals surface area contributed by atoms with Gasteiger partial charge in [-0.15, -0.1) is 0 Å². The van der Waals surface area contributed by atoms with Gasteiger partial charge in [0, 0.05) is 17.8 Å². The molecule has 0 saturated heterocycles. The van der Waals surface area contributed by atoms with E-state index >= 15 is 0 Å². The second-order valence-corrected chi connectivity index (χ2v) is 4.66. The molecule has 0 atom stereocenters. The Morgan fingerprint density at radius 1 is 0.700 bits per heavy atom. The predicted molar refractivity (Wildman–Crippen MR) is 74.5 cm³/mol. The Bertz CT molecular complexity index is 625. The first-order valence-electron chi connectivity index (χ1n) is 6.38. The number of H-pyrrole nitrogens is 1. The summed E-state index contributed by atoms with van der Waals surface area (Å²) in [5.41, 5.74) is 2.91. The number of aromatic nitrogens is 1. The molecule has 100 valence electrons. The van der Waals surface area contributed by atoms with E-state index in [0.717, 1.165) is 16.8 Å². The highest BCUT2D eigenvalue weighted by molar-refractivity contribution is 5.40. The van der Waals surface area contributed by atoms with Gasteiger partial charge in [-0.3, -0.25) is 0 Å². The van der Waals surface area contributed by atoms with Crippen molar-refractivity contribution in [3.8, 4) is 0 Å². The first kappa shape index (κ1) is 12.6. The average molecular weight is 269 g/mol. The summed E-state index contributed by atoms with van der Waals surface area (Å²) in [7, 11) is 0. The number of nitrogens with one attached hydrogen (secondary N) is 1. The molecule has 0 saturated carbocycles. The van der Waals surface area contributed by atoms with Crippen molar-refractivity contribution in [2.75, 3.05) is 0 Å². The van der Waals surface area contributed by atoms with E-state index in [1.165, 1.54) is 24.3 Å². The summed E-state index contributed by atoms with van der Waals surface area (Å²) >= 11 is 0. The van der Waals surface area contributed by atoms with Crippen LogP contribution in [0.3, 0.4) is 0 Å².